The van der Waals surface area contributed by atoms with E-state index in [0.29, 0.717) is 0 Å². The second-order valence-electron chi connectivity index (χ2n) is 8.51. The molecule has 0 aliphatic heterocycles. The first-order valence-electron chi connectivity index (χ1n) is 11.6. The first-order chi connectivity index (χ1) is 16.6. The Kier molecular flexibility index (Phi) is 14.7. The number of fused-ring (bicyclic) bond motifs is 3. The van der Waals surface area contributed by atoms with Crippen molar-refractivity contribution < 1.29 is 51.0 Å². The molecule has 37 heavy (non-hydrogen) atoms. The molecule has 0 spiro atoms. The maximum Gasteiger partial charge on any atom is 4.00 e. The van der Waals surface area contributed by atoms with Crippen molar-refractivity contribution in [1.82, 2.24) is 0 Å². The van der Waals surface area contributed by atoms with E-state index in [1.54, 1.807) is 0 Å². The minimum Gasteiger partial charge on any atom is -1.00 e. The Morgan fingerprint density at radius 1 is 0.703 bits per heavy atom. The third kappa shape index (κ3) is 9.24. The Labute approximate surface area is 256 Å². The van der Waals surface area contributed by atoms with Crippen LogP contribution in [0.5, 0.6) is 0 Å². The standard InChI is InChI=1S/C15H15Si.C13H9.C5H5.2ClH.Zr/c1-11-5-3-7-13(9-11)15(16)14-8-4-6-12(2)10-14;1-3-7-12-10(5-1)9-11-6-2-4-8-13(11)12;1-2-4-5-3-1;;;/h3-10,16H,1-2H3;1-5,7-8H,9H2;1-5H;2*1H;/q;2*-1;;;+4/p-2. The maximum atomic E-state index is 3.30. The van der Waals surface area contributed by atoms with Gasteiger partial charge in [0.15, 0.2) is 0 Å². The maximum absolute atomic E-state index is 3.30. The van der Waals surface area contributed by atoms with Gasteiger partial charge in [-0.3, -0.25) is 0 Å². The minimum atomic E-state index is 0. The first kappa shape index (κ1) is 32.8. The van der Waals surface area contributed by atoms with E-state index in [1.165, 1.54) is 49.7 Å². The zero-order chi connectivity index (χ0) is 23.8. The van der Waals surface area contributed by atoms with Crippen molar-refractivity contribution in [2.45, 2.75) is 20.3 Å². The summed E-state index contributed by atoms with van der Waals surface area (Å²) in [5, 5.41) is 1.26. The van der Waals surface area contributed by atoms with E-state index in [1.807, 2.05) is 36.4 Å². The number of rotatable bonds is 2. The number of hydrogen-bond acceptors (Lipinski definition) is 0. The average Bonchev–Trinajstić information content (AvgIpc) is 3.56. The van der Waals surface area contributed by atoms with Crippen LogP contribution in [0.2, 0.25) is 0 Å². The summed E-state index contributed by atoms with van der Waals surface area (Å²) in [5.41, 5.74) is 10.7. The van der Waals surface area contributed by atoms with Crippen molar-refractivity contribution in [2.75, 3.05) is 0 Å². The van der Waals surface area contributed by atoms with Gasteiger partial charge in [0, 0.05) is 9.85 Å². The molecule has 1 aliphatic rings. The fourth-order valence-electron chi connectivity index (χ4n) is 4.11. The Morgan fingerprint density at radius 3 is 1.81 bits per heavy atom. The molecule has 0 heterocycles. The predicted molar refractivity (Wildman–Crippen MR) is 148 cm³/mol. The summed E-state index contributed by atoms with van der Waals surface area (Å²) in [4.78, 5) is 0. The van der Waals surface area contributed by atoms with Crippen molar-refractivity contribution in [1.29, 1.82) is 0 Å². The molecule has 0 bridgehead atoms. The van der Waals surface area contributed by atoms with Crippen LogP contribution in [-0.4, -0.2) is 15.0 Å². The van der Waals surface area contributed by atoms with Gasteiger partial charge in [-0.05, 0) is 36.6 Å². The topological polar surface area (TPSA) is 0 Å². The summed E-state index contributed by atoms with van der Waals surface area (Å²) in [7, 11) is 2.85. The molecule has 0 atom stereocenters. The van der Waals surface area contributed by atoms with Crippen molar-refractivity contribution in [3.05, 3.63) is 161 Å². The Balaban J connectivity index is 0.000000294. The molecule has 0 N–H and O–H groups in total. The summed E-state index contributed by atoms with van der Waals surface area (Å²) < 4.78 is 0. The van der Waals surface area contributed by atoms with Gasteiger partial charge < -0.3 is 24.8 Å². The van der Waals surface area contributed by atoms with E-state index in [4.69, 9.17) is 0 Å². The van der Waals surface area contributed by atoms with Crippen LogP contribution < -0.4 is 24.8 Å². The van der Waals surface area contributed by atoms with Crippen LogP contribution in [0.25, 0.3) is 11.1 Å². The van der Waals surface area contributed by atoms with Crippen molar-refractivity contribution in [3.8, 4) is 11.1 Å². The van der Waals surface area contributed by atoms with Crippen LogP contribution in [0, 0.1) is 19.9 Å². The van der Waals surface area contributed by atoms with E-state index in [-0.39, 0.29) is 51.0 Å². The summed E-state index contributed by atoms with van der Waals surface area (Å²) in [6, 6.07) is 45.3. The van der Waals surface area contributed by atoms with E-state index >= 15 is 0 Å². The van der Waals surface area contributed by atoms with Crippen LogP contribution in [0.1, 0.15) is 33.4 Å². The summed E-state index contributed by atoms with van der Waals surface area (Å²) >= 11 is 0. The zero-order valence-corrected chi connectivity index (χ0v) is 26.2. The van der Waals surface area contributed by atoms with Gasteiger partial charge in [0.2, 0.25) is 0 Å². The molecule has 0 aromatic heterocycles. The molecule has 1 aliphatic carbocycles. The smallest absolute Gasteiger partial charge is 1.00 e. The minimum absolute atomic E-state index is 0. The van der Waals surface area contributed by atoms with Gasteiger partial charge in [-0.2, -0.15) is 48.0 Å². The van der Waals surface area contributed by atoms with Crippen LogP contribution in [0.3, 0.4) is 0 Å². The number of aryl methyl sites for hydroxylation is 2. The molecule has 0 nitrogen and oxygen atoms in total. The molecule has 0 saturated heterocycles. The van der Waals surface area contributed by atoms with Gasteiger partial charge in [0.25, 0.3) is 0 Å². The molecule has 6 rings (SSSR count). The van der Waals surface area contributed by atoms with Gasteiger partial charge in [0.05, 0.1) is 0 Å². The van der Waals surface area contributed by atoms with Crippen molar-refractivity contribution in [2.24, 2.45) is 0 Å². The van der Waals surface area contributed by atoms with Crippen molar-refractivity contribution in [3.63, 3.8) is 0 Å². The fourth-order valence-corrected chi connectivity index (χ4v) is 4.47. The molecule has 5 aromatic carbocycles. The molecule has 0 fully saturated rings. The van der Waals surface area contributed by atoms with E-state index in [0.717, 1.165) is 6.42 Å². The van der Waals surface area contributed by atoms with Crippen LogP contribution >= 0.6 is 0 Å². The average molecular weight is 616 g/mol. The molecule has 5 aromatic rings. The van der Waals surface area contributed by atoms with Gasteiger partial charge in [-0.25, -0.2) is 12.1 Å². The molecule has 4 heteroatoms. The number of halogens is 2. The van der Waals surface area contributed by atoms with Crippen LogP contribution in [0.15, 0.2) is 121 Å². The Bertz CT molecular complexity index is 1270. The number of benzene rings is 4. The van der Waals surface area contributed by atoms with E-state index in [2.05, 4.69) is 115 Å². The monoisotopic (exact) mass is 613 g/mol. The van der Waals surface area contributed by atoms with Gasteiger partial charge in [0.1, 0.15) is 0 Å². The van der Waals surface area contributed by atoms with E-state index in [9.17, 15) is 0 Å². The van der Waals surface area contributed by atoms with Gasteiger partial charge >= 0.3 is 26.2 Å². The SMILES string of the molecule is Cc1cccc(C(=[SiH])c2cccc(C)c2)c1.[Cl-].[Cl-].[Zr+4].[c-]1cccc2c1Cc1ccccc1-2.c1cc[cH-]c1. The van der Waals surface area contributed by atoms with Crippen molar-refractivity contribution >= 4 is 15.0 Å². The molecule has 183 valence electrons. The van der Waals surface area contributed by atoms with Crippen LogP contribution in [0.4, 0.5) is 0 Å². The second kappa shape index (κ2) is 16.6. The number of hydrogen-bond donors (Lipinski definition) is 0. The molecule has 0 saturated carbocycles. The first-order valence-corrected chi connectivity index (χ1v) is 12.2. The quantitative estimate of drug-likeness (QED) is 0.203. The van der Waals surface area contributed by atoms with Gasteiger partial charge in [-0.15, -0.1) is 5.56 Å². The molecular weight excluding hydrogens is 587 g/mol. The largest absolute Gasteiger partial charge is 4.00 e. The molecule has 1 radical (unpaired) electrons. The summed E-state index contributed by atoms with van der Waals surface area (Å²) in [6.45, 7) is 4.25. The summed E-state index contributed by atoms with van der Waals surface area (Å²) in [5.74, 6) is 0. The third-order valence-corrected chi connectivity index (χ3v) is 6.50. The zero-order valence-electron chi connectivity index (χ0n) is 21.1. The van der Waals surface area contributed by atoms with E-state index < -0.39 is 0 Å². The Hall–Kier alpha value is -2.22. The van der Waals surface area contributed by atoms with Crippen LogP contribution in [-0.2, 0) is 32.6 Å². The van der Waals surface area contributed by atoms with Gasteiger partial charge in [-0.1, -0.05) is 95.1 Å². The fraction of sp³-hybridized carbons (Fsp3) is 0.0909. The normalized spacial score (nSPS) is 9.78. The third-order valence-electron chi connectivity index (χ3n) is 5.83. The second-order valence-corrected chi connectivity index (χ2v) is 9.09. The Morgan fingerprint density at radius 2 is 1.27 bits per heavy atom. The summed E-state index contributed by atoms with van der Waals surface area (Å²) in [6.07, 6.45) is 1.05. The molecule has 0 amide bonds. The molecule has 0 unspecified atom stereocenters. The predicted octanol–water partition coefficient (Wildman–Crippen LogP) is 1.24. The molecular formula is C33H29Cl2SiZr.